The predicted octanol–water partition coefficient (Wildman–Crippen LogP) is -0.0343. The van der Waals surface area contributed by atoms with Crippen molar-refractivity contribution in [2.45, 2.75) is 18.4 Å². The first kappa shape index (κ1) is 18.2. The van der Waals surface area contributed by atoms with Gasteiger partial charge in [0.1, 0.15) is 12.1 Å². The van der Waals surface area contributed by atoms with Gasteiger partial charge in [-0.2, -0.15) is 0 Å². The lowest BCUT2D eigenvalue weighted by Gasteiger charge is -2.43. The molecule has 2 heterocycles. The Morgan fingerprint density at radius 3 is 2.73 bits per heavy atom. The van der Waals surface area contributed by atoms with E-state index in [2.05, 4.69) is 20.7 Å². The molecule has 0 saturated carbocycles. The van der Waals surface area contributed by atoms with Crippen LogP contribution in [0.4, 0.5) is 5.69 Å². The number of piperidine rings is 1. The van der Waals surface area contributed by atoms with E-state index >= 15 is 0 Å². The molecule has 0 aliphatic carbocycles. The third-order valence-corrected chi connectivity index (χ3v) is 4.99. The summed E-state index contributed by atoms with van der Waals surface area (Å²) in [6, 6.07) is 7.04. The molecule has 2 amide bonds. The van der Waals surface area contributed by atoms with Gasteiger partial charge in [0, 0.05) is 37.4 Å². The van der Waals surface area contributed by atoms with E-state index in [0.29, 0.717) is 43.7 Å². The number of nitrogens with zero attached hydrogens (tertiary/aromatic N) is 1. The lowest BCUT2D eigenvalue weighted by atomic mass is 9.85. The third kappa shape index (κ3) is 3.80. The van der Waals surface area contributed by atoms with Crippen molar-refractivity contribution >= 4 is 23.5 Å². The summed E-state index contributed by atoms with van der Waals surface area (Å²) in [6.45, 7) is 2.50. The average Bonchev–Trinajstić information content (AvgIpc) is 2.69. The number of esters is 1. The van der Waals surface area contributed by atoms with Crippen molar-refractivity contribution in [1.29, 1.82) is 0 Å². The molecular weight excluding hydrogens is 336 g/mol. The maximum absolute atomic E-state index is 12.8. The predicted molar refractivity (Wildman–Crippen MR) is 95.8 cm³/mol. The standard InChI is InChI=1S/C18H24N4O4/c1-26-15(23)12-20-14-4-2-3-13(11-14)16(24)22-9-5-18(6-10-22)17(25)19-7-8-21-18/h2-4,11,20-21H,5-10,12H2,1H3,(H,19,25). The topological polar surface area (TPSA) is 99.8 Å². The first-order valence-electron chi connectivity index (χ1n) is 8.77. The second-order valence-corrected chi connectivity index (χ2v) is 6.57. The molecule has 140 valence electrons. The Kier molecular flexibility index (Phi) is 5.41. The molecule has 1 aromatic carbocycles. The van der Waals surface area contributed by atoms with Gasteiger partial charge in [-0.25, -0.2) is 0 Å². The van der Waals surface area contributed by atoms with Gasteiger partial charge in [0.05, 0.1) is 7.11 Å². The lowest BCUT2D eigenvalue weighted by Crippen LogP contribution is -2.66. The van der Waals surface area contributed by atoms with Crippen LogP contribution in [0.1, 0.15) is 23.2 Å². The normalized spacial score (nSPS) is 19.0. The molecule has 2 saturated heterocycles. The molecule has 26 heavy (non-hydrogen) atoms. The van der Waals surface area contributed by atoms with E-state index in [4.69, 9.17) is 0 Å². The maximum atomic E-state index is 12.8. The fourth-order valence-electron chi connectivity index (χ4n) is 3.41. The molecule has 3 rings (SSSR count). The summed E-state index contributed by atoms with van der Waals surface area (Å²) >= 11 is 0. The van der Waals surface area contributed by atoms with Gasteiger partial charge in [-0.1, -0.05) is 6.07 Å². The number of hydrogen-bond acceptors (Lipinski definition) is 6. The zero-order valence-electron chi connectivity index (χ0n) is 14.8. The van der Waals surface area contributed by atoms with Crippen molar-refractivity contribution < 1.29 is 19.1 Å². The molecule has 1 spiro atoms. The number of ether oxygens (including phenoxy) is 1. The fraction of sp³-hybridized carbons (Fsp3) is 0.500. The second kappa shape index (κ2) is 7.74. The number of methoxy groups -OCH3 is 1. The van der Waals surface area contributed by atoms with Crippen LogP contribution in [0.5, 0.6) is 0 Å². The van der Waals surface area contributed by atoms with Crippen molar-refractivity contribution in [3.05, 3.63) is 29.8 Å². The van der Waals surface area contributed by atoms with Crippen LogP contribution in [-0.4, -0.2) is 68.1 Å². The SMILES string of the molecule is COC(=O)CNc1cccc(C(=O)N2CCC3(CC2)NCCNC3=O)c1. The number of rotatable bonds is 4. The number of likely N-dealkylation sites (tertiary alicyclic amines) is 1. The number of carbonyl (C=O) groups is 3. The molecule has 0 bridgehead atoms. The number of carbonyl (C=O) groups excluding carboxylic acids is 3. The zero-order valence-corrected chi connectivity index (χ0v) is 14.8. The Morgan fingerprint density at radius 1 is 1.27 bits per heavy atom. The molecule has 0 atom stereocenters. The monoisotopic (exact) mass is 360 g/mol. The highest BCUT2D eigenvalue weighted by atomic mass is 16.5. The third-order valence-electron chi connectivity index (χ3n) is 4.99. The van der Waals surface area contributed by atoms with Crippen LogP contribution in [0.2, 0.25) is 0 Å². The number of piperazine rings is 1. The van der Waals surface area contributed by atoms with Crippen molar-refractivity contribution in [3.8, 4) is 0 Å². The van der Waals surface area contributed by atoms with Crippen LogP contribution in [0.15, 0.2) is 24.3 Å². The number of anilines is 1. The first-order chi connectivity index (χ1) is 12.5. The summed E-state index contributed by atoms with van der Waals surface area (Å²) < 4.78 is 4.59. The van der Waals surface area contributed by atoms with Crippen molar-refractivity contribution in [2.24, 2.45) is 0 Å². The summed E-state index contributed by atoms with van der Waals surface area (Å²) in [4.78, 5) is 38.0. The number of amides is 2. The molecule has 0 unspecified atom stereocenters. The van der Waals surface area contributed by atoms with E-state index in [1.807, 2.05) is 0 Å². The van der Waals surface area contributed by atoms with E-state index in [-0.39, 0.29) is 24.3 Å². The summed E-state index contributed by atoms with van der Waals surface area (Å²) in [5.74, 6) is -0.413. The molecule has 2 aliphatic heterocycles. The van der Waals surface area contributed by atoms with Crippen LogP contribution >= 0.6 is 0 Å². The Morgan fingerprint density at radius 2 is 2.04 bits per heavy atom. The number of hydrogen-bond donors (Lipinski definition) is 3. The smallest absolute Gasteiger partial charge is 0.325 e. The van der Waals surface area contributed by atoms with Crippen LogP contribution < -0.4 is 16.0 Å². The van der Waals surface area contributed by atoms with E-state index < -0.39 is 5.54 Å². The van der Waals surface area contributed by atoms with Crippen LogP contribution in [0, 0.1) is 0 Å². The highest BCUT2D eigenvalue weighted by Crippen LogP contribution is 2.25. The minimum absolute atomic E-state index is 0.0323. The maximum Gasteiger partial charge on any atom is 0.325 e. The Balaban J connectivity index is 1.61. The molecule has 2 aliphatic rings. The Bertz CT molecular complexity index is 698. The molecular formula is C18H24N4O4. The summed E-state index contributed by atoms with van der Waals surface area (Å²) in [5.41, 5.74) is 0.693. The van der Waals surface area contributed by atoms with E-state index in [1.54, 1.807) is 29.2 Å². The lowest BCUT2D eigenvalue weighted by molar-refractivity contribution is -0.138. The summed E-state index contributed by atoms with van der Waals surface area (Å²) in [5, 5.41) is 9.16. The number of nitrogens with one attached hydrogen (secondary N) is 3. The van der Waals surface area contributed by atoms with E-state index in [0.717, 1.165) is 6.54 Å². The van der Waals surface area contributed by atoms with Gasteiger partial charge in [-0.3, -0.25) is 14.4 Å². The first-order valence-corrected chi connectivity index (χ1v) is 8.77. The largest absolute Gasteiger partial charge is 0.468 e. The van der Waals surface area contributed by atoms with E-state index in [1.165, 1.54) is 7.11 Å². The Labute approximate surface area is 152 Å². The number of benzene rings is 1. The molecule has 3 N–H and O–H groups in total. The van der Waals surface area contributed by atoms with Gasteiger partial charge >= 0.3 is 5.97 Å². The molecule has 0 radical (unpaired) electrons. The van der Waals surface area contributed by atoms with Crippen LogP contribution in [0.3, 0.4) is 0 Å². The molecule has 2 fully saturated rings. The minimum atomic E-state index is -0.543. The van der Waals surface area contributed by atoms with Gasteiger partial charge in [0.2, 0.25) is 5.91 Å². The molecule has 0 aromatic heterocycles. The quantitative estimate of drug-likeness (QED) is 0.652. The van der Waals surface area contributed by atoms with Crippen LogP contribution in [-0.2, 0) is 14.3 Å². The van der Waals surface area contributed by atoms with Gasteiger partial charge in [0.15, 0.2) is 0 Å². The van der Waals surface area contributed by atoms with Crippen molar-refractivity contribution in [1.82, 2.24) is 15.5 Å². The highest BCUT2D eigenvalue weighted by molar-refractivity contribution is 5.96. The highest BCUT2D eigenvalue weighted by Gasteiger charge is 2.43. The Hall–Kier alpha value is -2.61. The van der Waals surface area contributed by atoms with Crippen molar-refractivity contribution in [2.75, 3.05) is 45.2 Å². The second-order valence-electron chi connectivity index (χ2n) is 6.57. The molecule has 8 heteroatoms. The zero-order chi connectivity index (χ0) is 18.6. The van der Waals surface area contributed by atoms with Gasteiger partial charge in [-0.05, 0) is 31.0 Å². The average molecular weight is 360 g/mol. The van der Waals surface area contributed by atoms with Gasteiger partial charge < -0.3 is 25.6 Å². The fourth-order valence-corrected chi connectivity index (χ4v) is 3.41. The summed E-state index contributed by atoms with van der Waals surface area (Å²) in [7, 11) is 1.33. The van der Waals surface area contributed by atoms with Crippen molar-refractivity contribution in [3.63, 3.8) is 0 Å². The van der Waals surface area contributed by atoms with Gasteiger partial charge in [-0.15, -0.1) is 0 Å². The minimum Gasteiger partial charge on any atom is -0.468 e. The summed E-state index contributed by atoms with van der Waals surface area (Å²) in [6.07, 6.45) is 1.20. The molecule has 1 aromatic rings. The van der Waals surface area contributed by atoms with E-state index in [9.17, 15) is 14.4 Å². The molecule has 8 nitrogen and oxygen atoms in total. The van der Waals surface area contributed by atoms with Gasteiger partial charge in [0.25, 0.3) is 5.91 Å². The van der Waals surface area contributed by atoms with Crippen LogP contribution in [0.25, 0.3) is 0 Å².